The number of benzene rings is 2. The lowest BCUT2D eigenvalue weighted by atomic mass is 10.1. The van der Waals surface area contributed by atoms with Gasteiger partial charge in [-0.1, -0.05) is 35.5 Å². The fraction of sp³-hybridized carbons (Fsp3) is 0.0909. The number of nitrogens with one attached hydrogen (secondary N) is 1. The molecule has 1 N–H and O–H groups in total. The lowest BCUT2D eigenvalue weighted by molar-refractivity contribution is 0.102. The highest BCUT2D eigenvalue weighted by atomic mass is 35.5. The molecule has 1 aliphatic rings. The second kappa shape index (κ2) is 8.36. The van der Waals surface area contributed by atoms with Gasteiger partial charge in [-0.3, -0.25) is 9.59 Å². The van der Waals surface area contributed by atoms with E-state index in [2.05, 4.69) is 15.4 Å². The number of hydrogen-bond acceptors (Lipinski definition) is 6. The molecule has 11 heteroatoms. The van der Waals surface area contributed by atoms with E-state index in [1.54, 1.807) is 19.1 Å². The first kappa shape index (κ1) is 21.7. The van der Waals surface area contributed by atoms with E-state index in [0.29, 0.717) is 38.1 Å². The van der Waals surface area contributed by atoms with E-state index in [1.165, 1.54) is 16.4 Å². The van der Waals surface area contributed by atoms with E-state index >= 15 is 0 Å². The van der Waals surface area contributed by atoms with Crippen LogP contribution in [0.2, 0.25) is 5.02 Å². The van der Waals surface area contributed by atoms with Crippen LogP contribution in [0.5, 0.6) is 0 Å². The molecule has 166 valence electrons. The van der Waals surface area contributed by atoms with Crippen LogP contribution in [0.25, 0.3) is 10.2 Å². The number of anilines is 1. The van der Waals surface area contributed by atoms with Crippen LogP contribution in [0.4, 0.5) is 14.5 Å². The van der Waals surface area contributed by atoms with Crippen LogP contribution in [0.3, 0.4) is 0 Å². The van der Waals surface area contributed by atoms with Crippen LogP contribution in [0.1, 0.15) is 20.8 Å². The van der Waals surface area contributed by atoms with Crippen molar-refractivity contribution in [3.63, 3.8) is 0 Å². The number of amides is 1. The van der Waals surface area contributed by atoms with Crippen molar-refractivity contribution in [3.8, 4) is 0 Å². The minimum Gasteiger partial charge on any atom is -0.319 e. The molecule has 0 atom stereocenters. The third-order valence-corrected chi connectivity index (χ3v) is 7.41. The van der Waals surface area contributed by atoms with E-state index in [4.69, 9.17) is 11.6 Å². The summed E-state index contributed by atoms with van der Waals surface area (Å²) in [5.74, 6) is -1.74. The Morgan fingerprint density at radius 1 is 1.18 bits per heavy atom. The first-order valence-corrected chi connectivity index (χ1v) is 11.8. The van der Waals surface area contributed by atoms with Crippen molar-refractivity contribution in [3.05, 3.63) is 85.5 Å². The topological polar surface area (TPSA) is 76.3 Å². The number of halogens is 3. The molecule has 0 unspecified atom stereocenters. The molecular formula is C22H13ClF2N4O2S2. The number of fused-ring (bicyclic) bond motifs is 2. The summed E-state index contributed by atoms with van der Waals surface area (Å²) in [4.78, 5) is 31.2. The van der Waals surface area contributed by atoms with Gasteiger partial charge < -0.3 is 5.32 Å². The van der Waals surface area contributed by atoms with Crippen molar-refractivity contribution in [2.75, 3.05) is 11.1 Å². The van der Waals surface area contributed by atoms with Crippen LogP contribution in [0.15, 0.2) is 57.5 Å². The summed E-state index contributed by atoms with van der Waals surface area (Å²) in [7, 11) is 0. The molecule has 4 aromatic rings. The molecule has 3 heterocycles. The van der Waals surface area contributed by atoms with E-state index in [-0.39, 0.29) is 16.0 Å². The number of aromatic nitrogens is 2. The summed E-state index contributed by atoms with van der Waals surface area (Å²) < 4.78 is 28.3. The fourth-order valence-corrected chi connectivity index (χ4v) is 5.53. The minimum absolute atomic E-state index is 0.157. The molecular weight excluding hydrogens is 490 g/mol. The van der Waals surface area contributed by atoms with Gasteiger partial charge in [0.15, 0.2) is 5.16 Å². The van der Waals surface area contributed by atoms with Crippen molar-refractivity contribution in [1.29, 1.82) is 0 Å². The molecule has 0 spiro atoms. The van der Waals surface area contributed by atoms with Gasteiger partial charge in [0.2, 0.25) is 0 Å². The number of thiophene rings is 1. The summed E-state index contributed by atoms with van der Waals surface area (Å²) >= 11 is 8.35. The Bertz CT molecular complexity index is 1530. The Hall–Kier alpha value is -3.08. The summed E-state index contributed by atoms with van der Waals surface area (Å²) in [6.45, 7) is 1.63. The van der Waals surface area contributed by atoms with Crippen molar-refractivity contribution >= 4 is 62.2 Å². The normalized spacial score (nSPS) is 13.0. The maximum Gasteiger partial charge on any atom is 0.283 e. The lowest BCUT2D eigenvalue weighted by Crippen LogP contribution is -2.25. The maximum absolute atomic E-state index is 14.0. The predicted molar refractivity (Wildman–Crippen MR) is 127 cm³/mol. The first-order chi connectivity index (χ1) is 15.8. The smallest absolute Gasteiger partial charge is 0.283 e. The second-order valence-electron chi connectivity index (χ2n) is 7.17. The largest absolute Gasteiger partial charge is 0.319 e. The van der Waals surface area contributed by atoms with E-state index in [0.717, 1.165) is 29.0 Å². The van der Waals surface area contributed by atoms with E-state index < -0.39 is 23.1 Å². The van der Waals surface area contributed by atoms with Gasteiger partial charge in [-0.2, -0.15) is 9.78 Å². The zero-order valence-electron chi connectivity index (χ0n) is 16.9. The quantitative estimate of drug-likeness (QED) is 0.385. The Kier molecular flexibility index (Phi) is 5.51. The average Bonchev–Trinajstić information content (AvgIpc) is 3.12. The summed E-state index contributed by atoms with van der Waals surface area (Å²) in [6.07, 6.45) is 0. The molecule has 1 amide bonds. The van der Waals surface area contributed by atoms with Gasteiger partial charge in [-0.05, 0) is 42.3 Å². The maximum atomic E-state index is 14.0. The van der Waals surface area contributed by atoms with Gasteiger partial charge in [0.25, 0.3) is 11.5 Å². The zero-order valence-corrected chi connectivity index (χ0v) is 19.2. The summed E-state index contributed by atoms with van der Waals surface area (Å²) in [5.41, 5.74) is 1.41. The molecule has 0 saturated heterocycles. The molecule has 0 bridgehead atoms. The third kappa shape index (κ3) is 3.94. The molecule has 0 aliphatic carbocycles. The zero-order chi connectivity index (χ0) is 23.3. The van der Waals surface area contributed by atoms with Gasteiger partial charge in [-0.25, -0.2) is 13.8 Å². The molecule has 33 heavy (non-hydrogen) atoms. The van der Waals surface area contributed by atoms with Crippen LogP contribution in [-0.4, -0.2) is 27.0 Å². The van der Waals surface area contributed by atoms with Gasteiger partial charge >= 0.3 is 0 Å². The summed E-state index contributed by atoms with van der Waals surface area (Å²) in [5, 5.41) is 8.21. The molecule has 5 rings (SSSR count). The standard InChI is InChI=1S/C22H13ClF2N4O2S2/c1-10-17-20(33-18(10)19(30)26-15-7-6-13(24)8-14(15)25)27-22-29(21(17)31)28-16(9-32-22)11-2-4-12(23)5-3-11/h2-8H,9H2,1H3,(H,26,30). The molecule has 1 aliphatic heterocycles. The number of carbonyl (C=O) groups is 1. The van der Waals surface area contributed by atoms with Crippen LogP contribution < -0.4 is 10.9 Å². The van der Waals surface area contributed by atoms with Crippen LogP contribution in [0, 0.1) is 18.6 Å². The van der Waals surface area contributed by atoms with Crippen molar-refractivity contribution in [2.45, 2.75) is 12.1 Å². The fourth-order valence-electron chi connectivity index (χ4n) is 3.39. The molecule has 0 saturated carbocycles. The Labute approximate surface area is 198 Å². The number of nitrogens with zero attached hydrogens (tertiary/aromatic N) is 3. The van der Waals surface area contributed by atoms with Gasteiger partial charge in [0, 0.05) is 16.8 Å². The average molecular weight is 503 g/mol. The highest BCUT2D eigenvalue weighted by Gasteiger charge is 2.24. The molecule has 2 aromatic heterocycles. The summed E-state index contributed by atoms with van der Waals surface area (Å²) in [6, 6.07) is 10.0. The van der Waals surface area contributed by atoms with Crippen molar-refractivity contribution in [1.82, 2.24) is 9.66 Å². The first-order valence-electron chi connectivity index (χ1n) is 9.61. The number of aryl methyl sites for hydroxylation is 1. The number of rotatable bonds is 3. The number of thioether (sulfide) groups is 1. The Morgan fingerprint density at radius 2 is 1.94 bits per heavy atom. The van der Waals surface area contributed by atoms with Crippen LogP contribution >= 0.6 is 34.7 Å². The highest BCUT2D eigenvalue weighted by Crippen LogP contribution is 2.31. The van der Waals surface area contributed by atoms with Gasteiger partial charge in [0.05, 0.1) is 21.7 Å². The van der Waals surface area contributed by atoms with E-state index in [9.17, 15) is 18.4 Å². The predicted octanol–water partition coefficient (Wildman–Crippen LogP) is 5.31. The Morgan fingerprint density at radius 3 is 2.67 bits per heavy atom. The molecule has 6 nitrogen and oxygen atoms in total. The molecule has 2 aromatic carbocycles. The monoisotopic (exact) mass is 502 g/mol. The lowest BCUT2D eigenvalue weighted by Gasteiger charge is -2.15. The SMILES string of the molecule is Cc1c(C(=O)Nc2ccc(F)cc2F)sc2nc3n(c(=O)c12)N=C(c1ccc(Cl)cc1)CS3. The highest BCUT2D eigenvalue weighted by molar-refractivity contribution is 7.99. The molecule has 0 fully saturated rings. The van der Waals surface area contributed by atoms with E-state index in [1.807, 2.05) is 12.1 Å². The van der Waals surface area contributed by atoms with Crippen molar-refractivity contribution in [2.24, 2.45) is 5.10 Å². The number of hydrogen-bond donors (Lipinski definition) is 1. The minimum atomic E-state index is -0.892. The van der Waals surface area contributed by atoms with Crippen molar-refractivity contribution < 1.29 is 13.6 Å². The van der Waals surface area contributed by atoms with Gasteiger partial charge in [0.1, 0.15) is 16.5 Å². The van der Waals surface area contributed by atoms with Crippen LogP contribution in [-0.2, 0) is 0 Å². The second-order valence-corrected chi connectivity index (χ2v) is 9.55. The van der Waals surface area contributed by atoms with Gasteiger partial charge in [-0.15, -0.1) is 11.3 Å². The Balaban J connectivity index is 1.55. The third-order valence-electron chi connectivity index (χ3n) is 5.03. The molecule has 0 radical (unpaired) electrons. The number of carbonyl (C=O) groups excluding carboxylic acids is 1.